The molecule has 2 fully saturated rings. The van der Waals surface area contributed by atoms with E-state index in [0.717, 1.165) is 18.0 Å². The first kappa shape index (κ1) is 39.6. The Morgan fingerprint density at radius 3 is 2.25 bits per heavy atom. The fraction of sp³-hybridized carbons (Fsp3) is 0.636. The number of rotatable bonds is 13. The van der Waals surface area contributed by atoms with Crippen molar-refractivity contribution >= 4 is 46.5 Å². The number of ether oxygens (including phenoxy) is 3. The van der Waals surface area contributed by atoms with Crippen LogP contribution in [0.4, 0.5) is 5.95 Å². The normalized spacial score (nSPS) is 33.8. The van der Waals surface area contributed by atoms with E-state index in [2.05, 4.69) is 42.9 Å². The molecule has 6 rings (SSSR count). The van der Waals surface area contributed by atoms with Crippen LogP contribution in [0.5, 0.6) is 0 Å². The number of hydrogen-bond acceptors (Lipinski definition) is 26. The van der Waals surface area contributed by atoms with Crippen molar-refractivity contribution in [2.24, 2.45) is 10.7 Å². The summed E-state index contributed by atoms with van der Waals surface area (Å²) in [5.41, 5.74) is 10.3. The van der Waals surface area contributed by atoms with E-state index in [-0.39, 0.29) is 41.3 Å². The molecule has 6 heterocycles. The molecule has 4 aliphatic rings. The van der Waals surface area contributed by atoms with Crippen LogP contribution in [-0.2, 0) is 45.6 Å². The number of nitrogens with one attached hydrogen (secondary N) is 2. The van der Waals surface area contributed by atoms with E-state index in [4.69, 9.17) is 25.7 Å². The van der Waals surface area contributed by atoms with Crippen LogP contribution in [0.1, 0.15) is 6.23 Å². The van der Waals surface area contributed by atoms with E-state index in [1.807, 2.05) is 0 Å². The van der Waals surface area contributed by atoms with Crippen molar-refractivity contribution in [3.05, 3.63) is 28.2 Å². The molecule has 4 aliphatic heterocycles. The molecule has 0 aliphatic carbocycles. The lowest BCUT2D eigenvalue weighted by atomic mass is 10.1. The number of nitrogens with two attached hydrogens (primary N) is 2. The maximum absolute atomic E-state index is 12.5. The van der Waals surface area contributed by atoms with Gasteiger partial charge in [0.2, 0.25) is 5.95 Å². The van der Waals surface area contributed by atoms with Gasteiger partial charge in [-0.2, -0.15) is 4.98 Å². The van der Waals surface area contributed by atoms with Crippen LogP contribution in [-0.4, -0.2) is 134 Å². The number of imidazole rings is 1. The average Bonchev–Trinajstić information content (AvgIpc) is 3.76. The Morgan fingerprint density at radius 1 is 0.981 bits per heavy atom. The smallest absolute Gasteiger partial charge is 0.280 e. The van der Waals surface area contributed by atoms with Gasteiger partial charge in [0.15, 0.2) is 29.6 Å². The number of aliphatic hydroxyl groups is 3. The SMILES string of the molecule is CO[C@H]1C(O)[C@@H](N2CN(C)C3=C2NC(N)=NC3[O-])O[C@H]1COP(=O)([O-])OP(=O)([O-])OP(=O)([O-])OC[C@H]1O[C@@H](n2cnc3c(=O)[nH]c(N)nc32)[C@@H](O)C1O. The third kappa shape index (κ3) is 8.00. The molecule has 28 nitrogen and oxygen atoms in total. The second-order valence-corrected chi connectivity index (χ2v) is 16.2. The van der Waals surface area contributed by atoms with E-state index in [1.165, 1.54) is 9.80 Å². The van der Waals surface area contributed by atoms with Gasteiger partial charge in [-0.15, -0.1) is 0 Å². The highest BCUT2D eigenvalue weighted by atomic mass is 31.3. The van der Waals surface area contributed by atoms with Crippen molar-refractivity contribution < 1.29 is 80.7 Å². The summed E-state index contributed by atoms with van der Waals surface area (Å²) in [5, 5.41) is 47.0. The molecular formula is C22H31N10O18P3-4. The van der Waals surface area contributed by atoms with Gasteiger partial charge < -0.3 is 84.9 Å². The molecule has 2 aromatic heterocycles. The van der Waals surface area contributed by atoms with Gasteiger partial charge in [0.05, 0.1) is 31.9 Å². The zero-order valence-corrected chi connectivity index (χ0v) is 29.7. The summed E-state index contributed by atoms with van der Waals surface area (Å²) < 4.78 is 71.2. The zero-order chi connectivity index (χ0) is 38.8. The lowest BCUT2D eigenvalue weighted by Gasteiger charge is -2.35. The first-order valence-corrected chi connectivity index (χ1v) is 19.3. The summed E-state index contributed by atoms with van der Waals surface area (Å²) in [6, 6.07) is 0. The highest BCUT2D eigenvalue weighted by molar-refractivity contribution is 7.65. The van der Waals surface area contributed by atoms with E-state index in [0.29, 0.717) is 0 Å². The van der Waals surface area contributed by atoms with Crippen molar-refractivity contribution in [3.8, 4) is 0 Å². The van der Waals surface area contributed by atoms with E-state index in [1.54, 1.807) is 7.05 Å². The number of nitrogens with zero attached hydrogens (tertiary/aromatic N) is 6. The number of anilines is 1. The Labute approximate surface area is 295 Å². The average molecular weight is 816 g/mol. The molecule has 6 unspecified atom stereocenters. The molecule has 12 atom stereocenters. The van der Waals surface area contributed by atoms with Gasteiger partial charge in [-0.1, -0.05) is 0 Å². The van der Waals surface area contributed by atoms with Crippen LogP contribution in [0.3, 0.4) is 0 Å². The van der Waals surface area contributed by atoms with Crippen molar-refractivity contribution in [1.82, 2.24) is 34.6 Å². The summed E-state index contributed by atoms with van der Waals surface area (Å²) in [5.74, 6) is -0.370. The van der Waals surface area contributed by atoms with Crippen molar-refractivity contribution in [2.75, 3.05) is 39.8 Å². The van der Waals surface area contributed by atoms with Gasteiger partial charge in [0.1, 0.15) is 42.4 Å². The number of H-pyrrole nitrogens is 1. The molecule has 296 valence electrons. The number of nitrogen functional groups attached to an aromatic ring is 1. The molecule has 0 radical (unpaired) electrons. The molecule has 0 saturated carbocycles. The highest BCUT2D eigenvalue weighted by Crippen LogP contribution is 2.63. The highest BCUT2D eigenvalue weighted by Gasteiger charge is 2.50. The van der Waals surface area contributed by atoms with Gasteiger partial charge in [0, 0.05) is 20.4 Å². The third-order valence-corrected chi connectivity index (χ3v) is 12.3. The van der Waals surface area contributed by atoms with E-state index in [9.17, 15) is 53.6 Å². The molecule has 2 saturated heterocycles. The fourth-order valence-corrected chi connectivity index (χ4v) is 9.34. The van der Waals surface area contributed by atoms with Crippen molar-refractivity contribution in [2.45, 2.75) is 55.3 Å². The number of likely N-dealkylation sites (N-methyl/N-ethyl adjacent to an activating group) is 1. The number of fused-ring (bicyclic) bond motifs is 1. The third-order valence-electron chi connectivity index (χ3n) is 8.19. The van der Waals surface area contributed by atoms with Gasteiger partial charge in [0.25, 0.3) is 29.0 Å². The van der Waals surface area contributed by atoms with Crippen LogP contribution >= 0.6 is 23.5 Å². The summed E-state index contributed by atoms with van der Waals surface area (Å²) in [6.07, 6.45) is -12.9. The number of aromatic nitrogens is 4. The van der Waals surface area contributed by atoms with Gasteiger partial charge in [-0.3, -0.25) is 33.0 Å². The van der Waals surface area contributed by atoms with Crippen LogP contribution in [0.15, 0.2) is 27.6 Å². The quantitative estimate of drug-likeness (QED) is 0.0923. The Kier molecular flexibility index (Phi) is 10.8. The van der Waals surface area contributed by atoms with E-state index >= 15 is 0 Å². The maximum atomic E-state index is 12.5. The Morgan fingerprint density at radius 2 is 1.60 bits per heavy atom. The Bertz CT molecular complexity index is 2000. The summed E-state index contributed by atoms with van der Waals surface area (Å²) >= 11 is 0. The first-order chi connectivity index (χ1) is 24.7. The molecule has 2 aromatic rings. The van der Waals surface area contributed by atoms with Crippen molar-refractivity contribution in [1.29, 1.82) is 0 Å². The Hall–Kier alpha value is -3.11. The lowest BCUT2D eigenvalue weighted by molar-refractivity contribution is -0.407. The standard InChI is InChI=1S/C22H34N10O18P3/c1-30-6-32(16-10(30)18(37)29-22(24)27-16)20-13(35)14(44-2)8(48-20)4-46-52(40,41)50-53(42,43)49-51(38,39)45-3-7-11(33)12(34)19(47-7)31-5-25-9-15(31)26-21(23)28-17(9)36/h5,7-8,11-14,18-20,33-35H,3-4,6H2,1-2H3,(H,38,39)(H,40,41)(H,42,43)(H3,24,27,29)(H3,23,26,28,36)/q-1/p-3/t7-,8+,11?,12+,13?,14-,18?,19-,20+/m1/s1. The number of aliphatic imine (C=N–C) groups is 1. The zero-order valence-electron chi connectivity index (χ0n) is 27.0. The summed E-state index contributed by atoms with van der Waals surface area (Å²) in [7, 11) is -15.6. The van der Waals surface area contributed by atoms with Crippen LogP contribution < -0.4 is 42.1 Å². The number of aromatic amines is 1. The predicted octanol–water partition coefficient (Wildman–Crippen LogP) is -7.13. The summed E-state index contributed by atoms with van der Waals surface area (Å²) in [4.78, 5) is 65.7. The largest absolute Gasteiger partial charge is 0.830 e. The first-order valence-electron chi connectivity index (χ1n) is 14.9. The minimum Gasteiger partial charge on any atom is -0.830 e. The Balaban J connectivity index is 1.03. The molecule has 31 heteroatoms. The van der Waals surface area contributed by atoms with Crippen LogP contribution in [0.25, 0.3) is 11.2 Å². The molecule has 9 N–H and O–H groups in total. The van der Waals surface area contributed by atoms with Crippen LogP contribution in [0, 0.1) is 0 Å². The van der Waals surface area contributed by atoms with Crippen molar-refractivity contribution in [3.63, 3.8) is 0 Å². The van der Waals surface area contributed by atoms with Gasteiger partial charge in [-0.05, 0) is 0 Å². The molecule has 0 aromatic carbocycles. The van der Waals surface area contributed by atoms with Gasteiger partial charge in [-0.25, -0.2) is 13.6 Å². The minimum atomic E-state index is -6.34. The lowest BCUT2D eigenvalue weighted by Crippen LogP contribution is -2.49. The second-order valence-electron chi connectivity index (χ2n) is 11.7. The molecule has 0 spiro atoms. The van der Waals surface area contributed by atoms with E-state index < -0.39 is 97.5 Å². The number of hydrogen-bond donors (Lipinski definition) is 7. The maximum Gasteiger partial charge on any atom is 0.280 e. The fourth-order valence-electron chi connectivity index (χ4n) is 5.96. The number of aliphatic hydroxyl groups excluding tert-OH is 3. The minimum absolute atomic E-state index is 0.00772. The van der Waals surface area contributed by atoms with Crippen LogP contribution in [0.2, 0.25) is 0 Å². The monoisotopic (exact) mass is 816 g/mol. The number of guanidine groups is 1. The molecule has 0 bridgehead atoms. The predicted molar refractivity (Wildman–Crippen MR) is 161 cm³/mol. The number of phosphoric acid groups is 3. The second kappa shape index (κ2) is 14.5. The van der Waals surface area contributed by atoms with Gasteiger partial charge >= 0.3 is 0 Å². The number of methoxy groups -OCH3 is 1. The molecular weight excluding hydrogens is 785 g/mol. The topological polar surface area (TPSA) is 415 Å². The molecule has 53 heavy (non-hydrogen) atoms. The number of phosphoric ester groups is 2. The summed E-state index contributed by atoms with van der Waals surface area (Å²) in [6.45, 7) is -2.22. The molecule has 0 amide bonds.